The van der Waals surface area contributed by atoms with Gasteiger partial charge in [0.2, 0.25) is 5.91 Å². The van der Waals surface area contributed by atoms with Crippen molar-refractivity contribution < 1.29 is 4.79 Å². The Morgan fingerprint density at radius 2 is 1.56 bits per heavy atom. The Morgan fingerprint density at radius 1 is 0.852 bits per heavy atom. The predicted octanol–water partition coefficient (Wildman–Crippen LogP) is 5.45. The Bertz CT molecular complexity index is 1160. The van der Waals surface area contributed by atoms with Crippen LogP contribution in [0.1, 0.15) is 11.1 Å². The van der Waals surface area contributed by atoms with E-state index in [9.17, 15) is 4.79 Å². The van der Waals surface area contributed by atoms with Crippen LogP contribution in [0.3, 0.4) is 0 Å². The van der Waals surface area contributed by atoms with Crippen LogP contribution in [0.15, 0.2) is 88.4 Å². The van der Waals surface area contributed by atoms with Crippen molar-refractivity contribution in [1.29, 1.82) is 0 Å². The highest BCUT2D eigenvalue weighted by atomic mass is 79.9. The molecule has 4 aromatic rings. The second-order valence-corrected chi connectivity index (χ2v) is 7.14. The maximum absolute atomic E-state index is 12.4. The fourth-order valence-electron chi connectivity index (χ4n) is 3.23. The summed E-state index contributed by atoms with van der Waals surface area (Å²) in [5.41, 5.74) is 4.60. The first-order valence-electron chi connectivity index (χ1n) is 8.68. The van der Waals surface area contributed by atoms with Gasteiger partial charge in [-0.25, -0.2) is 5.43 Å². The largest absolute Gasteiger partial charge is 0.273 e. The third-order valence-electron chi connectivity index (χ3n) is 4.53. The van der Waals surface area contributed by atoms with Gasteiger partial charge >= 0.3 is 0 Å². The Labute approximate surface area is 165 Å². The van der Waals surface area contributed by atoms with Gasteiger partial charge in [0, 0.05) is 10.0 Å². The van der Waals surface area contributed by atoms with E-state index >= 15 is 0 Å². The molecule has 0 heterocycles. The van der Waals surface area contributed by atoms with E-state index < -0.39 is 0 Å². The molecule has 0 aliphatic carbocycles. The number of hydrazone groups is 1. The Hall–Kier alpha value is -2.98. The molecule has 4 heteroatoms. The van der Waals surface area contributed by atoms with E-state index in [0.717, 1.165) is 37.1 Å². The summed E-state index contributed by atoms with van der Waals surface area (Å²) in [5, 5.41) is 8.58. The molecule has 0 saturated heterocycles. The molecule has 27 heavy (non-hydrogen) atoms. The molecule has 0 spiro atoms. The molecule has 1 amide bonds. The molecule has 4 rings (SSSR count). The van der Waals surface area contributed by atoms with Crippen LogP contribution in [-0.4, -0.2) is 12.1 Å². The normalized spacial score (nSPS) is 11.3. The lowest BCUT2D eigenvalue weighted by Gasteiger charge is -2.07. The molecule has 4 aromatic carbocycles. The van der Waals surface area contributed by atoms with Crippen molar-refractivity contribution in [1.82, 2.24) is 5.43 Å². The first-order valence-corrected chi connectivity index (χ1v) is 9.47. The smallest absolute Gasteiger partial charge is 0.244 e. The van der Waals surface area contributed by atoms with Gasteiger partial charge < -0.3 is 0 Å². The van der Waals surface area contributed by atoms with Crippen LogP contribution in [0.2, 0.25) is 0 Å². The monoisotopic (exact) mass is 416 g/mol. The van der Waals surface area contributed by atoms with Crippen LogP contribution >= 0.6 is 15.9 Å². The topological polar surface area (TPSA) is 41.5 Å². The summed E-state index contributed by atoms with van der Waals surface area (Å²) in [7, 11) is 0. The summed E-state index contributed by atoms with van der Waals surface area (Å²) in [5.74, 6) is -0.140. The third-order valence-corrected chi connectivity index (χ3v) is 5.22. The van der Waals surface area contributed by atoms with Crippen LogP contribution in [-0.2, 0) is 11.2 Å². The highest BCUT2D eigenvalue weighted by molar-refractivity contribution is 9.10. The number of nitrogens with one attached hydrogen (secondary N) is 1. The highest BCUT2D eigenvalue weighted by Crippen LogP contribution is 2.27. The van der Waals surface area contributed by atoms with Crippen molar-refractivity contribution in [3.8, 4) is 0 Å². The van der Waals surface area contributed by atoms with Crippen LogP contribution in [0.25, 0.3) is 21.5 Å². The number of benzene rings is 4. The standard InChI is InChI=1S/C23H17BrN2O/c24-22-13-12-17(20-10-3-4-11-21(20)22)14-23(27)26-25-15-18-8-5-7-16-6-1-2-9-19(16)18/h1-13,15H,14H2,(H,26,27)/b25-15-. The second kappa shape index (κ2) is 7.72. The molecule has 132 valence electrons. The van der Waals surface area contributed by atoms with Gasteiger partial charge in [0.15, 0.2) is 0 Å². The third kappa shape index (κ3) is 3.76. The molecule has 0 saturated carbocycles. The van der Waals surface area contributed by atoms with Gasteiger partial charge in [0.05, 0.1) is 12.6 Å². The molecule has 0 fully saturated rings. The van der Waals surface area contributed by atoms with Crippen molar-refractivity contribution in [3.63, 3.8) is 0 Å². The van der Waals surface area contributed by atoms with Gasteiger partial charge in [-0.15, -0.1) is 0 Å². The van der Waals surface area contributed by atoms with Gasteiger partial charge in [0.25, 0.3) is 0 Å². The van der Waals surface area contributed by atoms with E-state index in [1.54, 1.807) is 6.21 Å². The summed E-state index contributed by atoms with van der Waals surface area (Å²) in [6, 6.07) is 26.1. The summed E-state index contributed by atoms with van der Waals surface area (Å²) in [4.78, 5) is 12.4. The predicted molar refractivity (Wildman–Crippen MR) is 115 cm³/mol. The van der Waals surface area contributed by atoms with Gasteiger partial charge in [0.1, 0.15) is 0 Å². The zero-order valence-electron chi connectivity index (χ0n) is 14.5. The molecule has 0 bridgehead atoms. The molecule has 0 aromatic heterocycles. The molecule has 0 radical (unpaired) electrons. The number of hydrogen-bond acceptors (Lipinski definition) is 2. The molecule has 3 nitrogen and oxygen atoms in total. The van der Waals surface area contributed by atoms with Crippen molar-refractivity contribution in [2.75, 3.05) is 0 Å². The Morgan fingerprint density at radius 3 is 2.41 bits per heavy atom. The van der Waals surface area contributed by atoms with E-state index in [-0.39, 0.29) is 12.3 Å². The number of rotatable bonds is 4. The van der Waals surface area contributed by atoms with Crippen LogP contribution in [0.5, 0.6) is 0 Å². The SMILES string of the molecule is O=C(Cc1ccc(Br)c2ccccc12)N/N=C\c1cccc2ccccc12. The maximum Gasteiger partial charge on any atom is 0.244 e. The van der Waals surface area contributed by atoms with Crippen molar-refractivity contribution in [2.45, 2.75) is 6.42 Å². The van der Waals surface area contributed by atoms with Crippen LogP contribution < -0.4 is 5.43 Å². The average molecular weight is 417 g/mol. The zero-order chi connectivity index (χ0) is 18.6. The Kier molecular flexibility index (Phi) is 4.99. The van der Waals surface area contributed by atoms with E-state index in [2.05, 4.69) is 38.6 Å². The first kappa shape index (κ1) is 17.4. The van der Waals surface area contributed by atoms with E-state index in [0.29, 0.717) is 0 Å². The summed E-state index contributed by atoms with van der Waals surface area (Å²) in [6.07, 6.45) is 1.97. The molecule has 0 unspecified atom stereocenters. The minimum absolute atomic E-state index is 0.140. The zero-order valence-corrected chi connectivity index (χ0v) is 16.1. The minimum Gasteiger partial charge on any atom is -0.273 e. The summed E-state index contributed by atoms with van der Waals surface area (Å²) in [6.45, 7) is 0. The highest BCUT2D eigenvalue weighted by Gasteiger charge is 2.08. The lowest BCUT2D eigenvalue weighted by Crippen LogP contribution is -2.19. The molecular weight excluding hydrogens is 400 g/mol. The number of halogens is 1. The number of amides is 1. The maximum atomic E-state index is 12.4. The van der Waals surface area contributed by atoms with Crippen molar-refractivity contribution in [3.05, 3.63) is 94.5 Å². The number of carbonyl (C=O) groups is 1. The number of carbonyl (C=O) groups excluding carboxylic acids is 1. The van der Waals surface area contributed by atoms with E-state index in [4.69, 9.17) is 0 Å². The number of hydrogen-bond donors (Lipinski definition) is 1. The summed E-state index contributed by atoms with van der Waals surface area (Å²) < 4.78 is 1.02. The lowest BCUT2D eigenvalue weighted by atomic mass is 10.0. The summed E-state index contributed by atoms with van der Waals surface area (Å²) >= 11 is 3.56. The molecule has 0 atom stereocenters. The fraction of sp³-hybridized carbons (Fsp3) is 0.0435. The van der Waals surface area contributed by atoms with E-state index in [1.165, 1.54) is 0 Å². The first-order chi connectivity index (χ1) is 13.2. The van der Waals surface area contributed by atoms with Crippen LogP contribution in [0.4, 0.5) is 0 Å². The van der Waals surface area contributed by atoms with Crippen molar-refractivity contribution >= 4 is 49.6 Å². The molecule has 0 aliphatic rings. The van der Waals surface area contributed by atoms with Crippen LogP contribution in [0, 0.1) is 0 Å². The van der Waals surface area contributed by atoms with Gasteiger partial charge in [-0.1, -0.05) is 88.7 Å². The number of fused-ring (bicyclic) bond motifs is 2. The average Bonchev–Trinajstić information content (AvgIpc) is 2.70. The van der Waals surface area contributed by atoms with E-state index in [1.807, 2.05) is 66.7 Å². The van der Waals surface area contributed by atoms with Gasteiger partial charge in [-0.2, -0.15) is 5.10 Å². The quantitative estimate of drug-likeness (QED) is 0.348. The molecule has 0 aliphatic heterocycles. The minimum atomic E-state index is -0.140. The fourth-order valence-corrected chi connectivity index (χ4v) is 3.71. The molecular formula is C23H17BrN2O. The lowest BCUT2D eigenvalue weighted by molar-refractivity contribution is -0.120. The second-order valence-electron chi connectivity index (χ2n) is 6.29. The Balaban J connectivity index is 1.50. The van der Waals surface area contributed by atoms with Crippen molar-refractivity contribution in [2.24, 2.45) is 5.10 Å². The van der Waals surface area contributed by atoms with Gasteiger partial charge in [-0.05, 0) is 33.2 Å². The number of nitrogens with zero attached hydrogens (tertiary/aromatic N) is 1. The molecule has 1 N–H and O–H groups in total. The van der Waals surface area contributed by atoms with Gasteiger partial charge in [-0.3, -0.25) is 4.79 Å².